The first-order valence-electron chi connectivity index (χ1n) is 5.05. The number of hydrogen-bond acceptors (Lipinski definition) is 5. The molecule has 1 atom stereocenters. The van der Waals surface area contributed by atoms with Gasteiger partial charge in [-0.2, -0.15) is 4.98 Å². The minimum absolute atomic E-state index is 0.180. The number of furan rings is 1. The van der Waals surface area contributed by atoms with E-state index in [0.29, 0.717) is 22.1 Å². The lowest BCUT2D eigenvalue weighted by Crippen LogP contribution is -2.11. The van der Waals surface area contributed by atoms with Crippen LogP contribution in [-0.2, 0) is 0 Å². The van der Waals surface area contributed by atoms with E-state index in [2.05, 4.69) is 33.0 Å². The second-order valence-corrected chi connectivity index (χ2v) is 4.24. The van der Waals surface area contributed by atoms with E-state index in [1.165, 1.54) is 0 Å². The van der Waals surface area contributed by atoms with Gasteiger partial charge in [-0.25, -0.2) is 0 Å². The lowest BCUT2D eigenvalue weighted by Gasteiger charge is -2.02. The van der Waals surface area contributed by atoms with Crippen molar-refractivity contribution in [1.82, 2.24) is 10.1 Å². The molecule has 0 radical (unpaired) electrons. The summed E-state index contributed by atoms with van der Waals surface area (Å²) in [5.74, 6) is 1.41. The third-order valence-corrected chi connectivity index (χ3v) is 2.58. The van der Waals surface area contributed by atoms with E-state index in [1.807, 2.05) is 0 Å². The Balaban J connectivity index is 2.19. The molecular formula is C10H12BrN3O2. The van der Waals surface area contributed by atoms with E-state index in [-0.39, 0.29) is 6.04 Å². The lowest BCUT2D eigenvalue weighted by atomic mass is 10.2. The number of halogens is 1. The quantitative estimate of drug-likeness (QED) is 0.934. The standard InChI is InChI=1S/C10H12BrN3O2/c1-2-3-6(12)9-13-10(16-14-9)7-4-5-8(11)15-7/h4-6H,2-3,12H2,1H3. The van der Waals surface area contributed by atoms with Crippen LogP contribution in [0.5, 0.6) is 0 Å². The Kier molecular flexibility index (Phi) is 3.40. The monoisotopic (exact) mass is 285 g/mol. The fourth-order valence-electron chi connectivity index (χ4n) is 1.35. The molecular weight excluding hydrogens is 274 g/mol. The summed E-state index contributed by atoms with van der Waals surface area (Å²) >= 11 is 3.21. The third kappa shape index (κ3) is 2.33. The van der Waals surface area contributed by atoms with Crippen LogP contribution < -0.4 is 5.73 Å². The Bertz CT molecular complexity index is 466. The average Bonchev–Trinajstić information content (AvgIpc) is 2.85. The molecule has 0 fully saturated rings. The van der Waals surface area contributed by atoms with Crippen LogP contribution in [-0.4, -0.2) is 10.1 Å². The molecule has 0 aliphatic carbocycles. The van der Waals surface area contributed by atoms with E-state index in [0.717, 1.165) is 12.8 Å². The zero-order valence-corrected chi connectivity index (χ0v) is 10.4. The second-order valence-electron chi connectivity index (χ2n) is 3.46. The molecule has 0 saturated carbocycles. The molecule has 0 aliphatic heterocycles. The van der Waals surface area contributed by atoms with Crippen molar-refractivity contribution in [3.63, 3.8) is 0 Å². The fraction of sp³-hybridized carbons (Fsp3) is 0.400. The van der Waals surface area contributed by atoms with Gasteiger partial charge in [0.1, 0.15) is 0 Å². The van der Waals surface area contributed by atoms with Crippen molar-refractivity contribution in [3.05, 3.63) is 22.6 Å². The van der Waals surface area contributed by atoms with Crippen molar-refractivity contribution in [1.29, 1.82) is 0 Å². The molecule has 2 aromatic rings. The van der Waals surface area contributed by atoms with Gasteiger partial charge in [0.2, 0.25) is 0 Å². The molecule has 0 spiro atoms. The Morgan fingerprint density at radius 1 is 1.50 bits per heavy atom. The Morgan fingerprint density at radius 2 is 2.31 bits per heavy atom. The highest BCUT2D eigenvalue weighted by Crippen LogP contribution is 2.24. The molecule has 0 amide bonds. The zero-order valence-electron chi connectivity index (χ0n) is 8.81. The number of aromatic nitrogens is 2. The van der Waals surface area contributed by atoms with Gasteiger partial charge in [-0.05, 0) is 34.5 Å². The maximum atomic E-state index is 5.88. The molecule has 2 heterocycles. The highest BCUT2D eigenvalue weighted by atomic mass is 79.9. The molecule has 5 nitrogen and oxygen atoms in total. The van der Waals surface area contributed by atoms with Crippen molar-refractivity contribution < 1.29 is 8.94 Å². The summed E-state index contributed by atoms with van der Waals surface area (Å²) in [5, 5.41) is 3.83. The zero-order chi connectivity index (χ0) is 11.5. The largest absolute Gasteiger partial charge is 0.444 e. The van der Waals surface area contributed by atoms with Gasteiger partial charge in [-0.15, -0.1) is 0 Å². The summed E-state index contributed by atoms with van der Waals surface area (Å²) in [4.78, 5) is 4.20. The second kappa shape index (κ2) is 4.80. The van der Waals surface area contributed by atoms with Crippen molar-refractivity contribution in [2.24, 2.45) is 5.73 Å². The van der Waals surface area contributed by atoms with Gasteiger partial charge in [0.05, 0.1) is 6.04 Å². The minimum atomic E-state index is -0.180. The van der Waals surface area contributed by atoms with E-state index in [4.69, 9.17) is 14.7 Å². The summed E-state index contributed by atoms with van der Waals surface area (Å²) in [5.41, 5.74) is 5.88. The molecule has 2 N–H and O–H groups in total. The van der Waals surface area contributed by atoms with Crippen LogP contribution in [0.3, 0.4) is 0 Å². The van der Waals surface area contributed by atoms with E-state index < -0.39 is 0 Å². The molecule has 2 aromatic heterocycles. The first-order valence-corrected chi connectivity index (χ1v) is 5.85. The Morgan fingerprint density at radius 3 is 2.94 bits per heavy atom. The van der Waals surface area contributed by atoms with Gasteiger partial charge in [-0.3, -0.25) is 0 Å². The van der Waals surface area contributed by atoms with Crippen LogP contribution in [0.2, 0.25) is 0 Å². The average molecular weight is 286 g/mol. The number of rotatable bonds is 4. The Labute approximate surface area is 101 Å². The smallest absolute Gasteiger partial charge is 0.293 e. The topological polar surface area (TPSA) is 78.1 Å². The van der Waals surface area contributed by atoms with Crippen LogP contribution in [0.25, 0.3) is 11.7 Å². The van der Waals surface area contributed by atoms with Gasteiger partial charge in [-0.1, -0.05) is 18.5 Å². The van der Waals surface area contributed by atoms with Crippen molar-refractivity contribution in [2.45, 2.75) is 25.8 Å². The predicted octanol–water partition coefficient (Wildman–Crippen LogP) is 2.89. The summed E-state index contributed by atoms with van der Waals surface area (Å²) < 4.78 is 11.0. The van der Waals surface area contributed by atoms with Crippen LogP contribution in [0.1, 0.15) is 31.6 Å². The minimum Gasteiger partial charge on any atom is -0.444 e. The Hall–Kier alpha value is -1.14. The van der Waals surface area contributed by atoms with Crippen LogP contribution in [0.4, 0.5) is 0 Å². The fourth-order valence-corrected chi connectivity index (χ4v) is 1.66. The maximum Gasteiger partial charge on any atom is 0.293 e. The molecule has 6 heteroatoms. The molecule has 0 aromatic carbocycles. The van der Waals surface area contributed by atoms with E-state index >= 15 is 0 Å². The summed E-state index contributed by atoms with van der Waals surface area (Å²) in [6.07, 6.45) is 1.82. The highest BCUT2D eigenvalue weighted by Gasteiger charge is 2.16. The van der Waals surface area contributed by atoms with E-state index in [1.54, 1.807) is 12.1 Å². The number of hydrogen-bond donors (Lipinski definition) is 1. The van der Waals surface area contributed by atoms with Gasteiger partial charge in [0.25, 0.3) is 5.89 Å². The van der Waals surface area contributed by atoms with Gasteiger partial charge in [0, 0.05) is 0 Å². The summed E-state index contributed by atoms with van der Waals surface area (Å²) in [7, 11) is 0. The maximum absolute atomic E-state index is 5.88. The van der Waals surface area contributed by atoms with Crippen LogP contribution in [0, 0.1) is 0 Å². The molecule has 2 rings (SSSR count). The number of nitrogens with zero attached hydrogens (tertiary/aromatic N) is 2. The lowest BCUT2D eigenvalue weighted by molar-refractivity contribution is 0.400. The first-order chi connectivity index (χ1) is 7.70. The molecule has 0 aliphatic rings. The molecule has 0 bridgehead atoms. The first kappa shape index (κ1) is 11.3. The molecule has 86 valence electrons. The summed E-state index contributed by atoms with van der Waals surface area (Å²) in [6.45, 7) is 2.06. The predicted molar refractivity (Wildman–Crippen MR) is 61.5 cm³/mol. The van der Waals surface area contributed by atoms with Crippen LogP contribution >= 0.6 is 15.9 Å². The SMILES string of the molecule is CCCC(N)c1noc(-c2ccc(Br)o2)n1. The van der Waals surface area contributed by atoms with Gasteiger partial charge in [0.15, 0.2) is 16.3 Å². The summed E-state index contributed by atoms with van der Waals surface area (Å²) in [6, 6.07) is 3.35. The highest BCUT2D eigenvalue weighted by molar-refractivity contribution is 9.10. The third-order valence-electron chi connectivity index (χ3n) is 2.16. The van der Waals surface area contributed by atoms with Crippen molar-refractivity contribution in [2.75, 3.05) is 0 Å². The van der Waals surface area contributed by atoms with E-state index in [9.17, 15) is 0 Å². The van der Waals surface area contributed by atoms with Crippen LogP contribution in [0.15, 0.2) is 25.7 Å². The van der Waals surface area contributed by atoms with Crippen molar-refractivity contribution in [3.8, 4) is 11.7 Å². The molecule has 0 saturated heterocycles. The molecule has 16 heavy (non-hydrogen) atoms. The molecule has 1 unspecified atom stereocenters. The normalized spacial score (nSPS) is 12.9. The van der Waals surface area contributed by atoms with Crippen molar-refractivity contribution >= 4 is 15.9 Å². The van der Waals surface area contributed by atoms with Gasteiger partial charge >= 0.3 is 0 Å². The number of nitrogens with two attached hydrogens (primary N) is 1. The van der Waals surface area contributed by atoms with Gasteiger partial charge < -0.3 is 14.7 Å².